The van der Waals surface area contributed by atoms with Crippen LogP contribution in [0.3, 0.4) is 0 Å². The van der Waals surface area contributed by atoms with Gasteiger partial charge < -0.3 is 5.11 Å². The van der Waals surface area contributed by atoms with E-state index in [2.05, 4.69) is 4.98 Å². The summed E-state index contributed by atoms with van der Waals surface area (Å²) < 4.78 is 26.2. The fourth-order valence-electron chi connectivity index (χ4n) is 1.61. The molecule has 0 bridgehead atoms. The second-order valence-electron chi connectivity index (χ2n) is 4.86. The van der Waals surface area contributed by atoms with Crippen molar-refractivity contribution in [1.29, 1.82) is 0 Å². The molecule has 0 saturated carbocycles. The average Bonchev–Trinajstić information content (AvgIpc) is 2.74. The van der Waals surface area contributed by atoms with E-state index < -0.39 is 21.7 Å². The van der Waals surface area contributed by atoms with E-state index in [4.69, 9.17) is 5.11 Å². The molecule has 1 N–H and O–H groups in total. The largest absolute Gasteiger partial charge is 0.476 e. The minimum absolute atomic E-state index is 0.151. The molecular formula is C11H18N2O4S2. The molecule has 1 heterocycles. The zero-order valence-corrected chi connectivity index (χ0v) is 13.0. The molecule has 0 saturated heterocycles. The Bertz CT molecular complexity index is 549. The second kappa shape index (κ2) is 5.98. The Kier molecular flexibility index (Phi) is 5.05. The molecule has 0 fully saturated rings. The Labute approximate surface area is 117 Å². The fraction of sp³-hybridized carbons (Fsp3) is 0.636. The quantitative estimate of drug-likeness (QED) is 0.867. The van der Waals surface area contributed by atoms with Crippen molar-refractivity contribution >= 4 is 27.3 Å². The molecule has 0 atom stereocenters. The maximum Gasteiger partial charge on any atom is 0.356 e. The van der Waals surface area contributed by atoms with Crippen LogP contribution in [0.2, 0.25) is 0 Å². The molecular weight excluding hydrogens is 288 g/mol. The van der Waals surface area contributed by atoms with Crippen LogP contribution < -0.4 is 0 Å². The minimum atomic E-state index is -3.82. The molecule has 108 valence electrons. The average molecular weight is 306 g/mol. The van der Waals surface area contributed by atoms with Gasteiger partial charge in [0.05, 0.1) is 5.51 Å². The van der Waals surface area contributed by atoms with Crippen molar-refractivity contribution in [2.24, 2.45) is 5.92 Å². The summed E-state index contributed by atoms with van der Waals surface area (Å²) in [5.41, 5.74) is 0.837. The van der Waals surface area contributed by atoms with Crippen molar-refractivity contribution in [3.05, 3.63) is 11.2 Å². The van der Waals surface area contributed by atoms with E-state index in [0.717, 1.165) is 11.3 Å². The highest BCUT2D eigenvalue weighted by atomic mass is 32.2. The van der Waals surface area contributed by atoms with E-state index in [-0.39, 0.29) is 16.2 Å². The van der Waals surface area contributed by atoms with Gasteiger partial charge in [-0.25, -0.2) is 18.2 Å². The minimum Gasteiger partial charge on any atom is -0.476 e. The van der Waals surface area contributed by atoms with Crippen molar-refractivity contribution in [3.63, 3.8) is 0 Å². The van der Waals surface area contributed by atoms with Gasteiger partial charge >= 0.3 is 5.97 Å². The molecule has 0 spiro atoms. The lowest BCUT2D eigenvalue weighted by atomic mass is 10.2. The maximum absolute atomic E-state index is 12.5. The lowest BCUT2D eigenvalue weighted by Gasteiger charge is -2.26. The first-order chi connectivity index (χ1) is 8.67. The highest BCUT2D eigenvalue weighted by Crippen LogP contribution is 2.26. The van der Waals surface area contributed by atoms with E-state index >= 15 is 0 Å². The topological polar surface area (TPSA) is 87.6 Å². The van der Waals surface area contributed by atoms with Gasteiger partial charge in [-0.1, -0.05) is 13.8 Å². The van der Waals surface area contributed by atoms with Crippen LogP contribution in [0, 0.1) is 5.92 Å². The Hall–Kier alpha value is -0.990. The molecule has 19 heavy (non-hydrogen) atoms. The molecule has 0 unspecified atom stereocenters. The summed E-state index contributed by atoms with van der Waals surface area (Å²) in [4.78, 5) is 14.6. The van der Waals surface area contributed by atoms with Crippen LogP contribution >= 0.6 is 11.3 Å². The monoisotopic (exact) mass is 306 g/mol. The number of rotatable bonds is 6. The first-order valence-corrected chi connectivity index (χ1v) is 8.18. The van der Waals surface area contributed by atoms with Crippen molar-refractivity contribution in [2.75, 3.05) is 6.54 Å². The van der Waals surface area contributed by atoms with Crippen molar-refractivity contribution in [1.82, 2.24) is 9.29 Å². The van der Waals surface area contributed by atoms with E-state index in [1.54, 1.807) is 13.8 Å². The summed E-state index contributed by atoms with van der Waals surface area (Å²) in [5, 5.41) is 8.98. The summed E-state index contributed by atoms with van der Waals surface area (Å²) in [6.07, 6.45) is 0. The van der Waals surface area contributed by atoms with Crippen LogP contribution in [0.4, 0.5) is 0 Å². The molecule has 0 amide bonds. The normalized spacial score (nSPS) is 12.6. The molecule has 1 rings (SSSR count). The fourth-order valence-corrected chi connectivity index (χ4v) is 4.67. The number of hydrogen-bond acceptors (Lipinski definition) is 5. The number of hydrogen-bond donors (Lipinski definition) is 1. The van der Waals surface area contributed by atoms with Crippen LogP contribution in [-0.2, 0) is 10.0 Å². The number of thiazole rings is 1. The van der Waals surface area contributed by atoms with E-state index in [1.165, 1.54) is 9.82 Å². The highest BCUT2D eigenvalue weighted by molar-refractivity contribution is 7.91. The third-order valence-corrected chi connectivity index (χ3v) is 5.79. The Morgan fingerprint density at radius 2 is 2.00 bits per heavy atom. The standard InChI is InChI=1S/C11H18N2O4S2/c1-7(2)5-13(8(3)4)19(16,17)11-9(10(14)15)12-6-18-11/h6-8H,5H2,1-4H3,(H,14,15). The van der Waals surface area contributed by atoms with Crippen LogP contribution in [0.15, 0.2) is 9.72 Å². The second-order valence-corrected chi connectivity index (χ2v) is 7.80. The Balaban J connectivity index is 3.27. The smallest absolute Gasteiger partial charge is 0.356 e. The van der Waals surface area contributed by atoms with Gasteiger partial charge in [-0.3, -0.25) is 0 Å². The number of carboxylic acids is 1. The van der Waals surface area contributed by atoms with Gasteiger partial charge in [0.25, 0.3) is 10.0 Å². The Morgan fingerprint density at radius 3 is 2.42 bits per heavy atom. The molecule has 0 aromatic carbocycles. The zero-order chi connectivity index (χ0) is 14.8. The summed E-state index contributed by atoms with van der Waals surface area (Å²) in [6.45, 7) is 7.70. The molecule has 0 aliphatic rings. The van der Waals surface area contributed by atoms with Gasteiger partial charge in [-0.2, -0.15) is 4.31 Å². The van der Waals surface area contributed by atoms with E-state index in [0.29, 0.717) is 6.54 Å². The molecule has 0 aliphatic heterocycles. The number of carboxylic acid groups (broad SMARTS) is 1. The van der Waals surface area contributed by atoms with E-state index in [1.807, 2.05) is 13.8 Å². The van der Waals surface area contributed by atoms with Gasteiger partial charge in [-0.05, 0) is 19.8 Å². The highest BCUT2D eigenvalue weighted by Gasteiger charge is 2.33. The van der Waals surface area contributed by atoms with Crippen LogP contribution in [-0.4, -0.2) is 41.4 Å². The van der Waals surface area contributed by atoms with Gasteiger partial charge in [0.2, 0.25) is 0 Å². The molecule has 6 nitrogen and oxygen atoms in total. The molecule has 0 aliphatic carbocycles. The van der Waals surface area contributed by atoms with Crippen molar-refractivity contribution in [2.45, 2.75) is 37.9 Å². The first-order valence-electron chi connectivity index (χ1n) is 5.86. The molecule has 1 aromatic heterocycles. The summed E-state index contributed by atoms with van der Waals surface area (Å²) >= 11 is 0.836. The van der Waals surface area contributed by atoms with Gasteiger partial charge in [0, 0.05) is 12.6 Å². The third kappa shape index (κ3) is 3.52. The van der Waals surface area contributed by atoms with Gasteiger partial charge in [0.15, 0.2) is 9.90 Å². The number of nitrogens with zero attached hydrogens (tertiary/aromatic N) is 2. The maximum atomic E-state index is 12.5. The summed E-state index contributed by atoms with van der Waals surface area (Å²) in [7, 11) is -3.82. The number of carbonyl (C=O) groups is 1. The predicted molar refractivity (Wildman–Crippen MR) is 72.9 cm³/mol. The Morgan fingerprint density at radius 1 is 1.42 bits per heavy atom. The van der Waals surface area contributed by atoms with E-state index in [9.17, 15) is 13.2 Å². The van der Waals surface area contributed by atoms with Gasteiger partial charge in [0.1, 0.15) is 0 Å². The number of aromatic nitrogens is 1. The number of aromatic carboxylic acids is 1. The SMILES string of the molecule is CC(C)CN(C(C)C)S(=O)(=O)c1scnc1C(=O)O. The van der Waals surface area contributed by atoms with Crippen molar-refractivity contribution < 1.29 is 18.3 Å². The van der Waals surface area contributed by atoms with Crippen LogP contribution in [0.5, 0.6) is 0 Å². The lowest BCUT2D eigenvalue weighted by molar-refractivity contribution is 0.0687. The summed E-state index contributed by atoms with van der Waals surface area (Å²) in [5.74, 6) is -1.17. The third-order valence-electron chi connectivity index (χ3n) is 2.40. The van der Waals surface area contributed by atoms with Gasteiger partial charge in [-0.15, -0.1) is 11.3 Å². The molecule has 8 heteroatoms. The first kappa shape index (κ1) is 16.1. The number of sulfonamides is 1. The molecule has 1 aromatic rings. The lowest BCUT2D eigenvalue weighted by Crippen LogP contribution is -2.39. The summed E-state index contributed by atoms with van der Waals surface area (Å²) in [6, 6.07) is -0.240. The zero-order valence-electron chi connectivity index (χ0n) is 11.3. The van der Waals surface area contributed by atoms with Crippen molar-refractivity contribution in [3.8, 4) is 0 Å². The van der Waals surface area contributed by atoms with Crippen LogP contribution in [0.25, 0.3) is 0 Å². The molecule has 0 radical (unpaired) electrons. The predicted octanol–water partition coefficient (Wildman–Crippen LogP) is 1.90. The van der Waals surface area contributed by atoms with Crippen LogP contribution in [0.1, 0.15) is 38.2 Å².